The first-order valence-electron chi connectivity index (χ1n) is 7.72. The lowest BCUT2D eigenvalue weighted by Crippen LogP contribution is -2.22. The van der Waals surface area contributed by atoms with Crippen LogP contribution < -0.4 is 14.8 Å². The number of aryl methyl sites for hydroxylation is 1. The molecule has 24 heavy (non-hydrogen) atoms. The molecule has 5 heteroatoms. The molecular formula is C19H22BrNO3. The monoisotopic (exact) mass is 391 g/mol. The number of anilines is 1. The molecule has 2 rings (SSSR count). The molecule has 0 saturated carbocycles. The summed E-state index contributed by atoms with van der Waals surface area (Å²) in [5, 5.41) is 2.97. The second-order valence-corrected chi connectivity index (χ2v) is 6.60. The van der Waals surface area contributed by atoms with Gasteiger partial charge in [0, 0.05) is 16.1 Å². The summed E-state index contributed by atoms with van der Waals surface area (Å²) in [6.07, 6.45) is 0.627. The fourth-order valence-corrected chi connectivity index (χ4v) is 2.69. The average molecular weight is 392 g/mol. The van der Waals surface area contributed by atoms with Crippen LogP contribution >= 0.6 is 15.9 Å². The Hall–Kier alpha value is -2.01. The Morgan fingerprint density at radius 3 is 2.46 bits per heavy atom. The fourth-order valence-electron chi connectivity index (χ4n) is 2.44. The second kappa shape index (κ2) is 8.20. The number of ether oxygens (including phenoxy) is 2. The van der Waals surface area contributed by atoms with E-state index < -0.39 is 0 Å². The molecular weight excluding hydrogens is 370 g/mol. The van der Waals surface area contributed by atoms with E-state index in [-0.39, 0.29) is 11.8 Å². The quantitative estimate of drug-likeness (QED) is 0.782. The van der Waals surface area contributed by atoms with Gasteiger partial charge in [-0.15, -0.1) is 0 Å². The number of carbonyl (C=O) groups is 1. The summed E-state index contributed by atoms with van der Waals surface area (Å²) < 4.78 is 11.6. The molecule has 0 heterocycles. The predicted octanol–water partition coefficient (Wildman–Crippen LogP) is 4.59. The Labute approximate surface area is 151 Å². The van der Waals surface area contributed by atoms with Crippen LogP contribution in [0.3, 0.4) is 0 Å². The zero-order valence-corrected chi connectivity index (χ0v) is 15.9. The van der Waals surface area contributed by atoms with Crippen molar-refractivity contribution in [2.24, 2.45) is 5.92 Å². The first kappa shape index (κ1) is 18.3. The number of hydrogen-bond donors (Lipinski definition) is 1. The number of carbonyl (C=O) groups excluding carboxylic acids is 1. The highest BCUT2D eigenvalue weighted by molar-refractivity contribution is 9.10. The summed E-state index contributed by atoms with van der Waals surface area (Å²) >= 11 is 3.46. The summed E-state index contributed by atoms with van der Waals surface area (Å²) in [4.78, 5) is 12.4. The molecule has 0 aliphatic carbocycles. The number of benzene rings is 2. The first-order chi connectivity index (χ1) is 11.4. The Balaban J connectivity index is 2.04. The highest BCUT2D eigenvalue weighted by Crippen LogP contribution is 2.28. The van der Waals surface area contributed by atoms with Crippen molar-refractivity contribution < 1.29 is 14.3 Å². The van der Waals surface area contributed by atoms with E-state index in [0.29, 0.717) is 17.9 Å². The predicted molar refractivity (Wildman–Crippen MR) is 99.9 cm³/mol. The molecule has 0 aliphatic rings. The third kappa shape index (κ3) is 4.51. The number of nitrogens with one attached hydrogen (secondary N) is 1. The van der Waals surface area contributed by atoms with Gasteiger partial charge in [-0.25, -0.2) is 0 Å². The number of methoxy groups -OCH3 is 2. The van der Waals surface area contributed by atoms with Crippen LogP contribution in [0.15, 0.2) is 40.9 Å². The van der Waals surface area contributed by atoms with Gasteiger partial charge in [-0.1, -0.05) is 28.9 Å². The minimum absolute atomic E-state index is 0.00786. The van der Waals surface area contributed by atoms with E-state index in [2.05, 4.69) is 21.2 Å². The number of rotatable bonds is 6. The van der Waals surface area contributed by atoms with Gasteiger partial charge in [-0.2, -0.15) is 0 Å². The van der Waals surface area contributed by atoms with Gasteiger partial charge in [-0.05, 0) is 54.8 Å². The SMILES string of the molecule is COc1ccc(CC(C)C(=O)Nc2ccc(Br)c(C)c2)cc1OC. The van der Waals surface area contributed by atoms with Gasteiger partial charge in [0.2, 0.25) is 5.91 Å². The fraction of sp³-hybridized carbons (Fsp3) is 0.316. The van der Waals surface area contributed by atoms with Gasteiger partial charge < -0.3 is 14.8 Å². The van der Waals surface area contributed by atoms with E-state index >= 15 is 0 Å². The van der Waals surface area contributed by atoms with Crippen LogP contribution in [-0.2, 0) is 11.2 Å². The molecule has 2 aromatic carbocycles. The molecule has 0 bridgehead atoms. The molecule has 1 atom stereocenters. The molecule has 1 unspecified atom stereocenters. The molecule has 128 valence electrons. The van der Waals surface area contributed by atoms with E-state index in [1.54, 1.807) is 14.2 Å². The summed E-state index contributed by atoms with van der Waals surface area (Å²) in [5.74, 6) is 1.19. The van der Waals surface area contributed by atoms with Gasteiger partial charge in [0.05, 0.1) is 14.2 Å². The number of halogens is 1. The van der Waals surface area contributed by atoms with Crippen LogP contribution in [-0.4, -0.2) is 20.1 Å². The number of hydrogen-bond acceptors (Lipinski definition) is 3. The Morgan fingerprint density at radius 2 is 1.83 bits per heavy atom. The van der Waals surface area contributed by atoms with Gasteiger partial charge in [0.25, 0.3) is 0 Å². The largest absolute Gasteiger partial charge is 0.493 e. The number of amides is 1. The second-order valence-electron chi connectivity index (χ2n) is 5.75. The normalized spacial score (nSPS) is 11.7. The third-order valence-electron chi connectivity index (χ3n) is 3.86. The summed E-state index contributed by atoms with van der Waals surface area (Å²) in [7, 11) is 3.21. The summed E-state index contributed by atoms with van der Waals surface area (Å²) in [6.45, 7) is 3.91. The smallest absolute Gasteiger partial charge is 0.227 e. The van der Waals surface area contributed by atoms with Crippen LogP contribution in [0.5, 0.6) is 11.5 Å². The van der Waals surface area contributed by atoms with E-state index in [0.717, 1.165) is 21.3 Å². The van der Waals surface area contributed by atoms with E-state index in [1.807, 2.05) is 50.2 Å². The van der Waals surface area contributed by atoms with Gasteiger partial charge in [0.15, 0.2) is 11.5 Å². The highest BCUT2D eigenvalue weighted by Gasteiger charge is 2.15. The van der Waals surface area contributed by atoms with Crippen molar-refractivity contribution in [3.05, 3.63) is 52.0 Å². The van der Waals surface area contributed by atoms with E-state index in [4.69, 9.17) is 9.47 Å². The van der Waals surface area contributed by atoms with Gasteiger partial charge in [0.1, 0.15) is 0 Å². The zero-order chi connectivity index (χ0) is 17.7. The molecule has 4 nitrogen and oxygen atoms in total. The van der Waals surface area contributed by atoms with Crippen LogP contribution in [0.2, 0.25) is 0 Å². The molecule has 0 spiro atoms. The molecule has 0 aliphatic heterocycles. The zero-order valence-electron chi connectivity index (χ0n) is 14.4. The maximum atomic E-state index is 12.4. The first-order valence-corrected chi connectivity index (χ1v) is 8.51. The van der Waals surface area contributed by atoms with Crippen molar-refractivity contribution in [3.8, 4) is 11.5 Å². The van der Waals surface area contributed by atoms with Gasteiger partial charge in [-0.3, -0.25) is 4.79 Å². The molecule has 0 saturated heterocycles. The lowest BCUT2D eigenvalue weighted by Gasteiger charge is -2.14. The van der Waals surface area contributed by atoms with E-state index in [1.165, 1.54) is 0 Å². The maximum absolute atomic E-state index is 12.4. The maximum Gasteiger partial charge on any atom is 0.227 e. The molecule has 0 fully saturated rings. The minimum atomic E-state index is -0.160. The van der Waals surface area contributed by atoms with Crippen molar-refractivity contribution in [2.45, 2.75) is 20.3 Å². The van der Waals surface area contributed by atoms with Crippen molar-refractivity contribution in [1.29, 1.82) is 0 Å². The standard InChI is InChI=1S/C19H22BrNO3/c1-12-10-15(6-7-16(12)20)21-19(22)13(2)9-14-5-8-17(23-3)18(11-14)24-4/h5-8,10-11,13H,9H2,1-4H3,(H,21,22). The lowest BCUT2D eigenvalue weighted by atomic mass is 9.99. The molecule has 1 amide bonds. The van der Waals surface area contributed by atoms with Crippen molar-refractivity contribution in [1.82, 2.24) is 0 Å². The van der Waals surface area contributed by atoms with Crippen LogP contribution in [0.4, 0.5) is 5.69 Å². The lowest BCUT2D eigenvalue weighted by molar-refractivity contribution is -0.119. The summed E-state index contributed by atoms with van der Waals surface area (Å²) in [6, 6.07) is 11.5. The Morgan fingerprint density at radius 1 is 1.12 bits per heavy atom. The summed E-state index contributed by atoms with van der Waals surface area (Å²) in [5.41, 5.74) is 2.92. The molecule has 1 N–H and O–H groups in total. The van der Waals surface area contributed by atoms with Crippen molar-refractivity contribution in [2.75, 3.05) is 19.5 Å². The van der Waals surface area contributed by atoms with Gasteiger partial charge >= 0.3 is 0 Å². The molecule has 0 radical (unpaired) electrons. The van der Waals surface area contributed by atoms with Crippen molar-refractivity contribution in [3.63, 3.8) is 0 Å². The Bertz CT molecular complexity index is 731. The van der Waals surface area contributed by atoms with Crippen LogP contribution in [0, 0.1) is 12.8 Å². The molecule has 2 aromatic rings. The van der Waals surface area contributed by atoms with E-state index in [9.17, 15) is 4.79 Å². The van der Waals surface area contributed by atoms with Crippen LogP contribution in [0.1, 0.15) is 18.1 Å². The third-order valence-corrected chi connectivity index (χ3v) is 4.75. The molecule has 0 aromatic heterocycles. The van der Waals surface area contributed by atoms with Crippen molar-refractivity contribution >= 4 is 27.5 Å². The minimum Gasteiger partial charge on any atom is -0.493 e. The highest BCUT2D eigenvalue weighted by atomic mass is 79.9. The van der Waals surface area contributed by atoms with Crippen LogP contribution in [0.25, 0.3) is 0 Å². The topological polar surface area (TPSA) is 47.6 Å². The Kier molecular flexibility index (Phi) is 6.26. The average Bonchev–Trinajstić information content (AvgIpc) is 2.57.